The van der Waals surface area contributed by atoms with Gasteiger partial charge in [-0.3, -0.25) is 0 Å². The number of benzene rings is 1. The number of aliphatic hydroxyl groups excluding tert-OH is 1. The Labute approximate surface area is 145 Å². The molecule has 3 aliphatic carbocycles. The number of aryl methyl sites for hydroxylation is 1. The van der Waals surface area contributed by atoms with Gasteiger partial charge in [0.2, 0.25) is 0 Å². The van der Waals surface area contributed by atoms with Gasteiger partial charge in [-0.05, 0) is 91.4 Å². The van der Waals surface area contributed by atoms with Crippen molar-refractivity contribution in [1.82, 2.24) is 0 Å². The molecule has 24 heavy (non-hydrogen) atoms. The van der Waals surface area contributed by atoms with E-state index in [4.69, 9.17) is 4.74 Å². The lowest BCUT2D eigenvalue weighted by atomic mass is 9.52. The Morgan fingerprint density at radius 1 is 1.25 bits per heavy atom. The molecule has 1 aromatic rings. The Bertz CT molecular complexity index is 613. The molecule has 0 radical (unpaired) electrons. The van der Waals surface area contributed by atoms with E-state index >= 15 is 0 Å². The van der Waals surface area contributed by atoms with Crippen molar-refractivity contribution in [2.45, 2.75) is 58.0 Å². The Kier molecular flexibility index (Phi) is 4.12. The standard InChI is InChI=1S/C21H30O3/c1-3-24-12-14-11-21(2)18(8-9-19(21)23)17-6-4-13-10-15(22)5-7-16(13)20(14)17/h5,7,10,14,17-20,22-23H,3-4,6,8-9,11-12H2,1-2H3/t14-,17+,18+,19+,20-,21+/m1/s1. The van der Waals surface area contributed by atoms with Crippen molar-refractivity contribution in [3.05, 3.63) is 29.3 Å². The molecule has 6 atom stereocenters. The highest BCUT2D eigenvalue weighted by molar-refractivity contribution is 5.40. The number of ether oxygens (including phenoxy) is 1. The first-order chi connectivity index (χ1) is 11.5. The number of aliphatic hydroxyl groups is 1. The summed E-state index contributed by atoms with van der Waals surface area (Å²) in [5.41, 5.74) is 2.80. The van der Waals surface area contributed by atoms with Gasteiger partial charge in [-0.15, -0.1) is 0 Å². The summed E-state index contributed by atoms with van der Waals surface area (Å²) < 4.78 is 5.86. The fraction of sp³-hybridized carbons (Fsp3) is 0.714. The minimum atomic E-state index is -0.159. The van der Waals surface area contributed by atoms with E-state index in [2.05, 4.69) is 19.9 Å². The van der Waals surface area contributed by atoms with Crippen molar-refractivity contribution in [1.29, 1.82) is 0 Å². The number of hydrogen-bond donors (Lipinski definition) is 2. The van der Waals surface area contributed by atoms with Crippen molar-refractivity contribution in [3.8, 4) is 5.75 Å². The molecule has 2 saturated carbocycles. The van der Waals surface area contributed by atoms with Crippen LogP contribution in [0.1, 0.15) is 56.6 Å². The first-order valence-electron chi connectivity index (χ1n) is 9.62. The Hall–Kier alpha value is -1.06. The van der Waals surface area contributed by atoms with Crippen LogP contribution in [0, 0.1) is 23.2 Å². The van der Waals surface area contributed by atoms with E-state index in [1.165, 1.54) is 17.5 Å². The maximum Gasteiger partial charge on any atom is 0.115 e. The largest absolute Gasteiger partial charge is 0.508 e. The van der Waals surface area contributed by atoms with E-state index in [-0.39, 0.29) is 11.5 Å². The molecule has 3 aliphatic rings. The van der Waals surface area contributed by atoms with Gasteiger partial charge in [0.1, 0.15) is 5.75 Å². The van der Waals surface area contributed by atoms with E-state index in [0.29, 0.717) is 29.4 Å². The molecule has 0 aromatic heterocycles. The highest BCUT2D eigenvalue weighted by Gasteiger charge is 2.57. The normalized spacial score (nSPS) is 40.7. The summed E-state index contributed by atoms with van der Waals surface area (Å²) in [5.74, 6) is 2.63. The van der Waals surface area contributed by atoms with Gasteiger partial charge in [0.25, 0.3) is 0 Å². The molecule has 0 aliphatic heterocycles. The maximum absolute atomic E-state index is 10.7. The Balaban J connectivity index is 1.74. The quantitative estimate of drug-likeness (QED) is 0.884. The van der Waals surface area contributed by atoms with Crippen molar-refractivity contribution in [2.75, 3.05) is 13.2 Å². The molecule has 0 spiro atoms. The molecular weight excluding hydrogens is 300 g/mol. The number of aromatic hydroxyl groups is 1. The van der Waals surface area contributed by atoms with Crippen molar-refractivity contribution in [3.63, 3.8) is 0 Å². The van der Waals surface area contributed by atoms with Crippen LogP contribution in [-0.4, -0.2) is 29.5 Å². The van der Waals surface area contributed by atoms with Crippen molar-refractivity contribution in [2.24, 2.45) is 23.2 Å². The van der Waals surface area contributed by atoms with Crippen LogP contribution in [-0.2, 0) is 11.2 Å². The third-order valence-corrected chi connectivity index (χ3v) is 7.32. The number of hydrogen-bond acceptors (Lipinski definition) is 3. The highest BCUT2D eigenvalue weighted by atomic mass is 16.5. The molecule has 3 nitrogen and oxygen atoms in total. The van der Waals surface area contributed by atoms with Gasteiger partial charge in [-0.1, -0.05) is 13.0 Å². The summed E-state index contributed by atoms with van der Waals surface area (Å²) in [6.45, 7) is 5.91. The summed E-state index contributed by atoms with van der Waals surface area (Å²) in [6, 6.07) is 5.95. The van der Waals surface area contributed by atoms with Crippen LogP contribution in [0.3, 0.4) is 0 Å². The molecule has 3 heteroatoms. The van der Waals surface area contributed by atoms with E-state index in [1.54, 1.807) is 0 Å². The Morgan fingerprint density at radius 2 is 2.08 bits per heavy atom. The van der Waals surface area contributed by atoms with Crippen LogP contribution < -0.4 is 0 Å². The molecular formula is C21H30O3. The van der Waals surface area contributed by atoms with E-state index in [9.17, 15) is 10.2 Å². The van der Waals surface area contributed by atoms with Gasteiger partial charge >= 0.3 is 0 Å². The molecule has 2 fully saturated rings. The van der Waals surface area contributed by atoms with E-state index < -0.39 is 0 Å². The zero-order valence-corrected chi connectivity index (χ0v) is 14.9. The van der Waals surface area contributed by atoms with Crippen molar-refractivity contribution < 1.29 is 14.9 Å². The zero-order valence-electron chi connectivity index (χ0n) is 14.9. The summed E-state index contributed by atoms with van der Waals surface area (Å²) in [4.78, 5) is 0. The lowest BCUT2D eigenvalue weighted by Gasteiger charge is -2.53. The fourth-order valence-corrected chi connectivity index (χ4v) is 6.28. The van der Waals surface area contributed by atoms with Crippen LogP contribution in [0.25, 0.3) is 0 Å². The highest BCUT2D eigenvalue weighted by Crippen LogP contribution is 2.62. The van der Waals surface area contributed by atoms with Gasteiger partial charge in [0, 0.05) is 13.2 Å². The molecule has 0 saturated heterocycles. The van der Waals surface area contributed by atoms with Crippen LogP contribution in [0.4, 0.5) is 0 Å². The average Bonchev–Trinajstić information content (AvgIpc) is 2.87. The summed E-state index contributed by atoms with van der Waals surface area (Å²) >= 11 is 0. The Morgan fingerprint density at radius 3 is 2.88 bits per heavy atom. The second-order valence-corrected chi connectivity index (χ2v) is 8.44. The third-order valence-electron chi connectivity index (χ3n) is 7.32. The molecule has 2 N–H and O–H groups in total. The number of rotatable bonds is 3. The number of phenolic OH excluding ortho intramolecular Hbond substituents is 1. The first kappa shape index (κ1) is 16.4. The maximum atomic E-state index is 10.7. The van der Waals surface area contributed by atoms with Crippen LogP contribution >= 0.6 is 0 Å². The van der Waals surface area contributed by atoms with Crippen LogP contribution in [0.15, 0.2) is 18.2 Å². The SMILES string of the molecule is CCOC[C@H]1C[C@]2(C)[C@@H](O)CC[C@H]2[C@@H]2CCc3cc(O)ccc3[C@@H]12. The second-order valence-electron chi connectivity index (χ2n) is 8.44. The molecule has 0 amide bonds. The van der Waals surface area contributed by atoms with Crippen LogP contribution in [0.5, 0.6) is 5.75 Å². The monoisotopic (exact) mass is 330 g/mol. The van der Waals surface area contributed by atoms with Gasteiger partial charge in [-0.2, -0.15) is 0 Å². The van der Waals surface area contributed by atoms with Gasteiger partial charge in [-0.25, -0.2) is 0 Å². The number of phenols is 1. The van der Waals surface area contributed by atoms with Gasteiger partial charge in [0.15, 0.2) is 0 Å². The zero-order chi connectivity index (χ0) is 16.9. The van der Waals surface area contributed by atoms with Crippen molar-refractivity contribution >= 4 is 0 Å². The number of fused-ring (bicyclic) bond motifs is 5. The topological polar surface area (TPSA) is 49.7 Å². The molecule has 4 rings (SSSR count). The third kappa shape index (κ3) is 2.40. The first-order valence-corrected chi connectivity index (χ1v) is 9.62. The lowest BCUT2D eigenvalue weighted by Crippen LogP contribution is -2.49. The van der Waals surface area contributed by atoms with Crippen LogP contribution in [0.2, 0.25) is 0 Å². The average molecular weight is 330 g/mol. The van der Waals surface area contributed by atoms with E-state index in [0.717, 1.165) is 38.9 Å². The molecule has 0 unspecified atom stereocenters. The smallest absolute Gasteiger partial charge is 0.115 e. The predicted molar refractivity (Wildman–Crippen MR) is 94.1 cm³/mol. The fourth-order valence-electron chi connectivity index (χ4n) is 6.28. The summed E-state index contributed by atoms with van der Waals surface area (Å²) in [7, 11) is 0. The van der Waals surface area contributed by atoms with E-state index in [1.807, 2.05) is 12.1 Å². The molecule has 0 bridgehead atoms. The predicted octanol–water partition coefficient (Wildman–Crippen LogP) is 3.87. The minimum absolute atomic E-state index is 0.0529. The summed E-state index contributed by atoms with van der Waals surface area (Å²) in [5, 5.41) is 20.5. The second kappa shape index (κ2) is 6.03. The molecule has 1 aromatic carbocycles. The summed E-state index contributed by atoms with van der Waals surface area (Å²) in [6.07, 6.45) is 5.24. The van der Waals surface area contributed by atoms with Gasteiger partial charge in [0.05, 0.1) is 6.10 Å². The molecule has 132 valence electrons. The molecule has 0 heterocycles. The lowest BCUT2D eigenvalue weighted by molar-refractivity contribution is -0.0663. The van der Waals surface area contributed by atoms with Gasteiger partial charge < -0.3 is 14.9 Å². The minimum Gasteiger partial charge on any atom is -0.508 e.